The first-order valence-corrected chi connectivity index (χ1v) is 4.72. The van der Waals surface area contributed by atoms with Crippen molar-refractivity contribution in [2.24, 2.45) is 0 Å². The molecule has 0 bridgehead atoms. The van der Waals surface area contributed by atoms with E-state index in [1.165, 1.54) is 5.56 Å². The van der Waals surface area contributed by atoms with Crippen molar-refractivity contribution in [2.45, 2.75) is 19.3 Å². The number of aldehydes is 1. The van der Waals surface area contributed by atoms with Crippen molar-refractivity contribution in [3.63, 3.8) is 0 Å². The summed E-state index contributed by atoms with van der Waals surface area (Å²) >= 11 is 3.39. The van der Waals surface area contributed by atoms with E-state index in [1.54, 1.807) is 0 Å². The zero-order valence-corrected chi connectivity index (χ0v) is 8.54. The van der Waals surface area contributed by atoms with Gasteiger partial charge in [-0.2, -0.15) is 0 Å². The van der Waals surface area contributed by atoms with Crippen LogP contribution < -0.4 is 0 Å². The van der Waals surface area contributed by atoms with E-state index in [0.29, 0.717) is 12.3 Å². The van der Waals surface area contributed by atoms with Gasteiger partial charge in [0.1, 0.15) is 6.29 Å². The van der Waals surface area contributed by atoms with Crippen molar-refractivity contribution in [2.75, 3.05) is 0 Å². The first-order chi connectivity index (χ1) is 5.74. The summed E-state index contributed by atoms with van der Waals surface area (Å²) in [6.07, 6.45) is 1.56. The lowest BCUT2D eigenvalue weighted by Gasteiger charge is -2.07. The summed E-state index contributed by atoms with van der Waals surface area (Å²) in [7, 11) is 0. The predicted molar refractivity (Wildman–Crippen MR) is 53.2 cm³/mol. The third-order valence-electron chi connectivity index (χ3n) is 1.87. The highest BCUT2D eigenvalue weighted by Crippen LogP contribution is 2.21. The maximum atomic E-state index is 10.3. The second-order valence-corrected chi connectivity index (χ2v) is 3.77. The lowest BCUT2D eigenvalue weighted by Crippen LogP contribution is -1.93. The number of carbonyl (C=O) groups excluding carboxylic acids is 1. The van der Waals surface area contributed by atoms with Crippen molar-refractivity contribution in [3.05, 3.63) is 34.3 Å². The highest BCUT2D eigenvalue weighted by atomic mass is 79.9. The maximum Gasteiger partial charge on any atom is 0.120 e. The van der Waals surface area contributed by atoms with Gasteiger partial charge in [0.15, 0.2) is 0 Å². The van der Waals surface area contributed by atoms with Gasteiger partial charge < -0.3 is 4.79 Å². The zero-order chi connectivity index (χ0) is 8.97. The van der Waals surface area contributed by atoms with Crippen molar-refractivity contribution < 1.29 is 4.79 Å². The normalized spacial score (nSPS) is 12.5. The van der Waals surface area contributed by atoms with Crippen LogP contribution in [0.4, 0.5) is 0 Å². The Balaban J connectivity index is 2.80. The fraction of sp³-hybridized carbons (Fsp3) is 0.300. The van der Waals surface area contributed by atoms with Gasteiger partial charge in [-0.05, 0) is 23.6 Å². The monoisotopic (exact) mass is 226 g/mol. The Morgan fingerprint density at radius 3 is 2.92 bits per heavy atom. The molecule has 0 aliphatic heterocycles. The van der Waals surface area contributed by atoms with Crippen LogP contribution in [0.3, 0.4) is 0 Å². The molecular formula is C10H11BrO. The van der Waals surface area contributed by atoms with E-state index in [2.05, 4.69) is 22.9 Å². The van der Waals surface area contributed by atoms with Crippen molar-refractivity contribution in [3.8, 4) is 0 Å². The zero-order valence-electron chi connectivity index (χ0n) is 6.96. The molecule has 1 nitrogen and oxygen atoms in total. The predicted octanol–water partition coefficient (Wildman–Crippen LogP) is 3.14. The lowest BCUT2D eigenvalue weighted by molar-refractivity contribution is -0.108. The summed E-state index contributed by atoms with van der Waals surface area (Å²) in [5, 5.41) is 0. The molecule has 0 spiro atoms. The minimum absolute atomic E-state index is 0.319. The van der Waals surface area contributed by atoms with Crippen LogP contribution in [0.5, 0.6) is 0 Å². The van der Waals surface area contributed by atoms with E-state index < -0.39 is 0 Å². The molecule has 0 aromatic heterocycles. The SMILES string of the molecule is CC(CC=O)c1cccc(Br)c1. The molecule has 12 heavy (non-hydrogen) atoms. The van der Waals surface area contributed by atoms with Crippen molar-refractivity contribution >= 4 is 22.2 Å². The molecule has 1 aromatic carbocycles. The summed E-state index contributed by atoms with van der Waals surface area (Å²) in [6.45, 7) is 2.05. The van der Waals surface area contributed by atoms with E-state index in [-0.39, 0.29) is 0 Å². The van der Waals surface area contributed by atoms with Crippen molar-refractivity contribution in [1.82, 2.24) is 0 Å². The van der Waals surface area contributed by atoms with Crippen LogP contribution in [-0.2, 0) is 4.79 Å². The van der Waals surface area contributed by atoms with E-state index in [0.717, 1.165) is 10.8 Å². The first kappa shape index (κ1) is 9.46. The molecule has 0 amide bonds. The molecule has 0 aliphatic carbocycles. The van der Waals surface area contributed by atoms with Gasteiger partial charge >= 0.3 is 0 Å². The highest BCUT2D eigenvalue weighted by Gasteiger charge is 2.03. The number of carbonyl (C=O) groups is 1. The molecule has 64 valence electrons. The summed E-state index contributed by atoms with van der Waals surface area (Å²) in [4.78, 5) is 10.3. The maximum absolute atomic E-state index is 10.3. The number of rotatable bonds is 3. The third-order valence-corrected chi connectivity index (χ3v) is 2.36. The molecule has 1 atom stereocenters. The average Bonchev–Trinajstić information content (AvgIpc) is 2.05. The Kier molecular flexibility index (Phi) is 3.48. The van der Waals surface area contributed by atoms with Gasteiger partial charge in [-0.25, -0.2) is 0 Å². The Bertz CT molecular complexity index is 270. The van der Waals surface area contributed by atoms with Gasteiger partial charge in [0.25, 0.3) is 0 Å². The standard InChI is InChI=1S/C10H11BrO/c1-8(5-6-12)9-3-2-4-10(11)7-9/h2-4,6-8H,5H2,1H3. The Morgan fingerprint density at radius 1 is 1.58 bits per heavy atom. The summed E-state index contributed by atoms with van der Waals surface area (Å²) in [5.41, 5.74) is 1.21. The second kappa shape index (κ2) is 4.41. The van der Waals surface area contributed by atoms with Gasteiger partial charge in [-0.15, -0.1) is 0 Å². The van der Waals surface area contributed by atoms with Crippen LogP contribution in [0.25, 0.3) is 0 Å². The van der Waals surface area contributed by atoms with Crippen molar-refractivity contribution in [1.29, 1.82) is 0 Å². The fourth-order valence-electron chi connectivity index (χ4n) is 1.09. The van der Waals surface area contributed by atoms with Gasteiger partial charge in [0.2, 0.25) is 0 Å². The van der Waals surface area contributed by atoms with Gasteiger partial charge in [-0.1, -0.05) is 35.0 Å². The number of halogens is 1. The summed E-state index contributed by atoms with van der Waals surface area (Å²) in [6, 6.07) is 8.06. The van der Waals surface area contributed by atoms with Crippen LogP contribution in [-0.4, -0.2) is 6.29 Å². The van der Waals surface area contributed by atoms with E-state index >= 15 is 0 Å². The van der Waals surface area contributed by atoms with Gasteiger partial charge in [-0.3, -0.25) is 0 Å². The number of hydrogen-bond acceptors (Lipinski definition) is 1. The molecule has 0 aliphatic rings. The molecule has 0 N–H and O–H groups in total. The molecule has 1 unspecified atom stereocenters. The lowest BCUT2D eigenvalue weighted by atomic mass is 9.99. The average molecular weight is 227 g/mol. The molecule has 1 aromatic rings. The number of hydrogen-bond donors (Lipinski definition) is 0. The molecule has 0 fully saturated rings. The minimum Gasteiger partial charge on any atom is -0.303 e. The van der Waals surface area contributed by atoms with Gasteiger partial charge in [0.05, 0.1) is 0 Å². The number of benzene rings is 1. The molecule has 1 rings (SSSR count). The van der Waals surface area contributed by atoms with Crippen LogP contribution in [0.2, 0.25) is 0 Å². The summed E-state index contributed by atoms with van der Waals surface area (Å²) < 4.78 is 1.07. The fourth-order valence-corrected chi connectivity index (χ4v) is 1.51. The van der Waals surface area contributed by atoms with E-state index in [1.807, 2.05) is 24.3 Å². The Hall–Kier alpha value is -0.630. The van der Waals surface area contributed by atoms with Crippen LogP contribution in [0, 0.1) is 0 Å². The van der Waals surface area contributed by atoms with E-state index in [9.17, 15) is 4.79 Å². The van der Waals surface area contributed by atoms with Crippen LogP contribution in [0.1, 0.15) is 24.8 Å². The summed E-state index contributed by atoms with van der Waals surface area (Å²) in [5.74, 6) is 0.319. The Morgan fingerprint density at radius 2 is 2.33 bits per heavy atom. The second-order valence-electron chi connectivity index (χ2n) is 2.86. The quantitative estimate of drug-likeness (QED) is 0.725. The third kappa shape index (κ3) is 2.45. The van der Waals surface area contributed by atoms with Crippen LogP contribution >= 0.6 is 15.9 Å². The molecule has 0 radical (unpaired) electrons. The smallest absolute Gasteiger partial charge is 0.120 e. The minimum atomic E-state index is 0.319. The topological polar surface area (TPSA) is 17.1 Å². The highest BCUT2D eigenvalue weighted by molar-refractivity contribution is 9.10. The van der Waals surface area contributed by atoms with Gasteiger partial charge in [0, 0.05) is 10.9 Å². The molecule has 0 saturated heterocycles. The Labute approximate surface area is 80.9 Å². The molecule has 0 saturated carbocycles. The molecule has 2 heteroatoms. The van der Waals surface area contributed by atoms with E-state index in [4.69, 9.17) is 0 Å². The van der Waals surface area contributed by atoms with Crippen LogP contribution in [0.15, 0.2) is 28.7 Å². The molecular weight excluding hydrogens is 216 g/mol. The molecule has 0 heterocycles. The largest absolute Gasteiger partial charge is 0.303 e. The first-order valence-electron chi connectivity index (χ1n) is 3.93.